The average Bonchev–Trinajstić information content (AvgIpc) is 3.24. The van der Waals surface area contributed by atoms with Gasteiger partial charge in [0.1, 0.15) is 0 Å². The molecule has 0 radical (unpaired) electrons. The van der Waals surface area contributed by atoms with E-state index in [1.54, 1.807) is 12.1 Å². The van der Waals surface area contributed by atoms with E-state index >= 15 is 0 Å². The van der Waals surface area contributed by atoms with Gasteiger partial charge >= 0.3 is 0 Å². The van der Waals surface area contributed by atoms with Crippen molar-refractivity contribution in [3.63, 3.8) is 0 Å². The van der Waals surface area contributed by atoms with Crippen molar-refractivity contribution in [3.05, 3.63) is 47.1 Å². The van der Waals surface area contributed by atoms with Gasteiger partial charge in [-0.1, -0.05) is 26.8 Å². The predicted molar refractivity (Wildman–Crippen MR) is 111 cm³/mol. The molecule has 1 amide bonds. The third kappa shape index (κ3) is 4.87. The van der Waals surface area contributed by atoms with Crippen LogP contribution in [0.2, 0.25) is 0 Å². The number of hydrogen-bond acceptors (Lipinski definition) is 4. The third-order valence-electron chi connectivity index (χ3n) is 5.14. The predicted octanol–water partition coefficient (Wildman–Crippen LogP) is 2.45. The molecule has 1 aromatic carbocycles. The molecule has 1 aliphatic rings. The number of nitrogens with zero attached hydrogens (tertiary/aromatic N) is 3. The molecule has 0 N–H and O–H groups in total. The van der Waals surface area contributed by atoms with E-state index in [0.29, 0.717) is 12.0 Å². The molecule has 0 bridgehead atoms. The molecular weight excluding hydrogens is 390 g/mol. The largest absolute Gasteiger partial charge is 0.376 e. The number of carbonyl (C=O) groups is 1. The monoisotopic (exact) mass is 419 g/mol. The van der Waals surface area contributed by atoms with Crippen molar-refractivity contribution in [3.8, 4) is 0 Å². The van der Waals surface area contributed by atoms with E-state index in [1.807, 2.05) is 22.5 Å². The Morgan fingerprint density at radius 2 is 2.00 bits per heavy atom. The van der Waals surface area contributed by atoms with Crippen LogP contribution in [0.25, 0.3) is 0 Å². The Hall–Kier alpha value is -2.19. The lowest BCUT2D eigenvalue weighted by Gasteiger charge is -2.21. The fourth-order valence-corrected chi connectivity index (χ4v) is 4.26. The molecule has 0 aliphatic carbocycles. The van der Waals surface area contributed by atoms with Gasteiger partial charge in [0, 0.05) is 42.6 Å². The number of amides is 1. The molecule has 2 aromatic rings. The van der Waals surface area contributed by atoms with Gasteiger partial charge in [-0.2, -0.15) is 4.99 Å². The molecule has 2 heterocycles. The number of hydrogen-bond donors (Lipinski definition) is 0. The van der Waals surface area contributed by atoms with Crippen molar-refractivity contribution in [1.29, 1.82) is 0 Å². The Morgan fingerprint density at radius 1 is 1.28 bits per heavy atom. The maximum absolute atomic E-state index is 12.8. The van der Waals surface area contributed by atoms with Crippen LogP contribution in [0.4, 0.5) is 0 Å². The van der Waals surface area contributed by atoms with Crippen LogP contribution in [-0.4, -0.2) is 42.7 Å². The van der Waals surface area contributed by atoms with E-state index in [2.05, 4.69) is 25.8 Å². The van der Waals surface area contributed by atoms with Crippen molar-refractivity contribution in [2.75, 3.05) is 12.9 Å². The second-order valence-electron chi connectivity index (χ2n) is 8.60. The molecule has 8 heteroatoms. The first kappa shape index (κ1) is 21.5. The Labute approximate surface area is 171 Å². The fourth-order valence-electron chi connectivity index (χ4n) is 3.59. The van der Waals surface area contributed by atoms with Crippen LogP contribution in [0, 0.1) is 0 Å². The summed E-state index contributed by atoms with van der Waals surface area (Å²) < 4.78 is 33.4. The number of ether oxygens (including phenoxy) is 1. The average molecular weight is 420 g/mol. The topological polar surface area (TPSA) is 82.7 Å². The number of benzene rings is 1. The summed E-state index contributed by atoms with van der Waals surface area (Å²) in [5, 5.41) is 0. The maximum atomic E-state index is 12.8. The molecule has 1 aromatic heterocycles. The van der Waals surface area contributed by atoms with Gasteiger partial charge in [-0.15, -0.1) is 0 Å². The van der Waals surface area contributed by atoms with E-state index in [4.69, 9.17) is 4.74 Å². The van der Waals surface area contributed by atoms with Crippen LogP contribution in [0.15, 0.2) is 40.2 Å². The van der Waals surface area contributed by atoms with Gasteiger partial charge in [0.05, 0.1) is 17.5 Å². The molecule has 0 unspecified atom stereocenters. The highest BCUT2D eigenvalue weighted by Crippen LogP contribution is 2.21. The van der Waals surface area contributed by atoms with Gasteiger partial charge in [-0.05, 0) is 31.0 Å². The highest BCUT2D eigenvalue weighted by molar-refractivity contribution is 7.90. The molecule has 0 spiro atoms. The quantitative estimate of drug-likeness (QED) is 0.762. The summed E-state index contributed by atoms with van der Waals surface area (Å²) in [6, 6.07) is 7.92. The fraction of sp³-hybridized carbons (Fsp3) is 0.524. The minimum Gasteiger partial charge on any atom is -0.376 e. The molecule has 1 saturated heterocycles. The van der Waals surface area contributed by atoms with Gasteiger partial charge in [0.15, 0.2) is 15.3 Å². The lowest BCUT2D eigenvalue weighted by molar-refractivity contribution is 0.0885. The first-order chi connectivity index (χ1) is 13.5. The minimum absolute atomic E-state index is 0.0963. The smallest absolute Gasteiger partial charge is 0.279 e. The summed E-state index contributed by atoms with van der Waals surface area (Å²) in [5.41, 5.74) is 1.72. The van der Waals surface area contributed by atoms with E-state index in [-0.39, 0.29) is 22.0 Å². The van der Waals surface area contributed by atoms with Crippen LogP contribution < -0.4 is 5.49 Å². The van der Waals surface area contributed by atoms with Crippen LogP contribution >= 0.6 is 0 Å². The van der Waals surface area contributed by atoms with Crippen molar-refractivity contribution in [2.24, 2.45) is 12.0 Å². The Balaban J connectivity index is 2.06. The second-order valence-corrected chi connectivity index (χ2v) is 10.6. The summed E-state index contributed by atoms with van der Waals surface area (Å²) in [6.07, 6.45) is 3.23. The third-order valence-corrected chi connectivity index (χ3v) is 6.25. The zero-order valence-electron chi connectivity index (χ0n) is 17.7. The van der Waals surface area contributed by atoms with E-state index in [1.165, 1.54) is 12.1 Å². The van der Waals surface area contributed by atoms with Crippen LogP contribution in [0.5, 0.6) is 0 Å². The molecular formula is C21H29N3O4S. The van der Waals surface area contributed by atoms with Gasteiger partial charge in [0.2, 0.25) is 0 Å². The van der Waals surface area contributed by atoms with Gasteiger partial charge in [0.25, 0.3) is 5.91 Å². The summed E-state index contributed by atoms with van der Waals surface area (Å²) >= 11 is 0. The zero-order valence-corrected chi connectivity index (χ0v) is 18.5. The van der Waals surface area contributed by atoms with Gasteiger partial charge in [-0.25, -0.2) is 8.42 Å². The summed E-state index contributed by atoms with van der Waals surface area (Å²) in [5.74, 6) is -0.470. The van der Waals surface area contributed by atoms with Crippen molar-refractivity contribution >= 4 is 15.7 Å². The van der Waals surface area contributed by atoms with E-state index < -0.39 is 15.7 Å². The van der Waals surface area contributed by atoms with Crippen molar-refractivity contribution in [2.45, 2.75) is 56.6 Å². The zero-order chi connectivity index (χ0) is 21.4. The first-order valence-electron chi connectivity index (χ1n) is 9.75. The standard InChI is InChI=1S/C21H29N3O4S/c1-21(2,3)18-13-19(24(23(18)4)14-16-9-7-11-28-16)22-20(25)15-8-6-10-17(12-15)29(5,26)27/h6,8,10,12-13,16H,7,9,11,14H2,1-5H3/b22-19+/t16-/m1/s1. The van der Waals surface area contributed by atoms with Crippen LogP contribution in [-0.2, 0) is 33.6 Å². The molecule has 158 valence electrons. The van der Waals surface area contributed by atoms with Gasteiger partial charge < -0.3 is 4.74 Å². The summed E-state index contributed by atoms with van der Waals surface area (Å²) in [4.78, 5) is 17.3. The molecule has 1 aliphatic heterocycles. The van der Waals surface area contributed by atoms with E-state index in [0.717, 1.165) is 31.4 Å². The number of carbonyl (C=O) groups excluding carboxylic acids is 1. The Bertz CT molecular complexity index is 1080. The summed E-state index contributed by atoms with van der Waals surface area (Å²) in [6.45, 7) is 7.70. The molecule has 29 heavy (non-hydrogen) atoms. The number of rotatable bonds is 4. The minimum atomic E-state index is -3.40. The lowest BCUT2D eigenvalue weighted by Crippen LogP contribution is -2.30. The molecule has 3 rings (SSSR count). The second kappa shape index (κ2) is 7.91. The van der Waals surface area contributed by atoms with Gasteiger partial charge in [-0.3, -0.25) is 14.2 Å². The van der Waals surface area contributed by atoms with Crippen LogP contribution in [0.3, 0.4) is 0 Å². The normalized spacial score (nSPS) is 18.4. The highest BCUT2D eigenvalue weighted by atomic mass is 32.2. The Morgan fingerprint density at radius 3 is 2.59 bits per heavy atom. The summed E-state index contributed by atoms with van der Waals surface area (Å²) in [7, 11) is -1.44. The Kier molecular flexibility index (Phi) is 5.87. The van der Waals surface area contributed by atoms with E-state index in [9.17, 15) is 13.2 Å². The lowest BCUT2D eigenvalue weighted by atomic mass is 9.92. The molecule has 1 atom stereocenters. The SMILES string of the molecule is Cn1c(C(C)(C)C)c/c(=N\C(=O)c2cccc(S(C)(=O)=O)c2)n1C[C@H]1CCCO1. The van der Waals surface area contributed by atoms with Crippen molar-refractivity contribution in [1.82, 2.24) is 9.36 Å². The number of sulfone groups is 1. The highest BCUT2D eigenvalue weighted by Gasteiger charge is 2.23. The van der Waals surface area contributed by atoms with Crippen LogP contribution in [0.1, 0.15) is 49.7 Å². The first-order valence-corrected chi connectivity index (χ1v) is 11.6. The maximum Gasteiger partial charge on any atom is 0.279 e. The molecule has 7 nitrogen and oxygen atoms in total. The van der Waals surface area contributed by atoms with Crippen molar-refractivity contribution < 1.29 is 17.9 Å². The number of aromatic nitrogens is 2. The molecule has 0 saturated carbocycles. The molecule has 1 fully saturated rings.